The second-order valence-electron chi connectivity index (χ2n) is 4.34. The summed E-state index contributed by atoms with van der Waals surface area (Å²) in [5.74, 6) is 0.978. The van der Waals surface area contributed by atoms with Gasteiger partial charge < -0.3 is 0 Å². The Morgan fingerprint density at radius 3 is 2.75 bits per heavy atom. The molecule has 0 aliphatic heterocycles. The van der Waals surface area contributed by atoms with E-state index >= 15 is 0 Å². The third kappa shape index (κ3) is 2.31. The quantitative estimate of drug-likeness (QED) is 0.483. The average Bonchev–Trinajstić information content (AvgIpc) is 2.39. The van der Waals surface area contributed by atoms with Crippen molar-refractivity contribution in [2.75, 3.05) is 0 Å². The molecule has 16 heavy (non-hydrogen) atoms. The summed E-state index contributed by atoms with van der Waals surface area (Å²) < 4.78 is 0. The van der Waals surface area contributed by atoms with E-state index in [9.17, 15) is 0 Å². The lowest BCUT2D eigenvalue weighted by atomic mass is 9.82. The van der Waals surface area contributed by atoms with Crippen molar-refractivity contribution in [3.63, 3.8) is 0 Å². The second kappa shape index (κ2) is 4.94. The van der Waals surface area contributed by atoms with Crippen LogP contribution >= 0.6 is 0 Å². The molecule has 0 saturated heterocycles. The molecular weight excluding hydrogens is 192 g/mol. The van der Waals surface area contributed by atoms with Gasteiger partial charge >= 0.3 is 0 Å². The Morgan fingerprint density at radius 1 is 1.25 bits per heavy atom. The van der Waals surface area contributed by atoms with Crippen LogP contribution in [0.15, 0.2) is 59.4 Å². The number of allylic oxidation sites excluding steroid dienone is 9. The van der Waals surface area contributed by atoms with Gasteiger partial charge in [0.1, 0.15) is 11.6 Å². The topological polar surface area (TPSA) is 0 Å². The highest BCUT2D eigenvalue weighted by Crippen LogP contribution is 2.29. The molecule has 0 unspecified atom stereocenters. The van der Waals surface area contributed by atoms with E-state index in [0.717, 1.165) is 6.42 Å². The molecule has 2 rings (SSSR count). The zero-order chi connectivity index (χ0) is 11.4. The van der Waals surface area contributed by atoms with E-state index in [1.165, 1.54) is 11.1 Å². The van der Waals surface area contributed by atoms with Crippen molar-refractivity contribution < 1.29 is 0 Å². The number of rotatable bonds is 3. The Labute approximate surface area is 98.1 Å². The summed E-state index contributed by atoms with van der Waals surface area (Å²) in [6.45, 7) is 4.52. The van der Waals surface area contributed by atoms with Crippen LogP contribution in [0.5, 0.6) is 0 Å². The maximum Gasteiger partial charge on any atom is 0.119 e. The van der Waals surface area contributed by atoms with Crippen molar-refractivity contribution in [3.05, 3.63) is 65.5 Å². The molecule has 0 fully saturated rings. The van der Waals surface area contributed by atoms with E-state index in [0.29, 0.717) is 11.8 Å². The van der Waals surface area contributed by atoms with E-state index in [1.807, 2.05) is 12.2 Å². The zero-order valence-corrected chi connectivity index (χ0v) is 9.90. The van der Waals surface area contributed by atoms with Crippen LogP contribution in [-0.4, -0.2) is 0 Å². The van der Waals surface area contributed by atoms with Crippen LogP contribution in [0, 0.1) is 17.9 Å². The fraction of sp³-hybridized carbons (Fsp3) is 0.312. The molecule has 2 aliphatic rings. The zero-order valence-electron chi connectivity index (χ0n) is 9.90. The highest BCUT2D eigenvalue weighted by molar-refractivity contribution is 5.33. The maximum absolute atomic E-state index is 3.36. The van der Waals surface area contributed by atoms with E-state index in [4.69, 9.17) is 0 Å². The van der Waals surface area contributed by atoms with Gasteiger partial charge in [0.15, 0.2) is 0 Å². The first-order valence-corrected chi connectivity index (χ1v) is 5.87. The van der Waals surface area contributed by atoms with Gasteiger partial charge in [0.05, 0.1) is 6.08 Å². The molecule has 0 bridgehead atoms. The smallest absolute Gasteiger partial charge is 0.119 e. The standard InChI is InChI=1S/C16H17/c1-13(15-9-5-3-6-10-15)14(2)16-11-7-4-8-12-16/h3,5-9,11,13-14H,4H2,1-2H3/q+1/t13-,14-/m1/s1. The van der Waals surface area contributed by atoms with E-state index in [1.54, 1.807) is 0 Å². The predicted octanol–water partition coefficient (Wildman–Crippen LogP) is 4.16. The lowest BCUT2D eigenvalue weighted by molar-refractivity contribution is 0.519. The Balaban J connectivity index is 2.16. The molecule has 0 saturated carbocycles. The van der Waals surface area contributed by atoms with Gasteiger partial charge in [-0.25, -0.2) is 0 Å². The van der Waals surface area contributed by atoms with Crippen LogP contribution < -0.4 is 0 Å². The van der Waals surface area contributed by atoms with Gasteiger partial charge in [0, 0.05) is 24.1 Å². The summed E-state index contributed by atoms with van der Waals surface area (Å²) in [6.07, 6.45) is 19.1. The summed E-state index contributed by atoms with van der Waals surface area (Å²) in [4.78, 5) is 0. The van der Waals surface area contributed by atoms with Crippen LogP contribution in [0.2, 0.25) is 0 Å². The van der Waals surface area contributed by atoms with Crippen molar-refractivity contribution in [3.8, 4) is 0 Å². The van der Waals surface area contributed by atoms with Crippen LogP contribution in [0.1, 0.15) is 20.3 Å². The Kier molecular flexibility index (Phi) is 3.37. The molecule has 0 heteroatoms. The molecule has 0 nitrogen and oxygen atoms in total. The molecule has 0 N–H and O–H groups in total. The van der Waals surface area contributed by atoms with Crippen LogP contribution in [0.3, 0.4) is 0 Å². The van der Waals surface area contributed by atoms with Crippen molar-refractivity contribution in [1.29, 1.82) is 0 Å². The Hall–Kier alpha value is -1.61. The summed E-state index contributed by atoms with van der Waals surface area (Å²) >= 11 is 0. The molecule has 0 aromatic carbocycles. The fourth-order valence-corrected chi connectivity index (χ4v) is 2.00. The first kappa shape index (κ1) is 10.9. The van der Waals surface area contributed by atoms with E-state index < -0.39 is 0 Å². The molecule has 0 aromatic heterocycles. The van der Waals surface area contributed by atoms with Gasteiger partial charge in [-0.1, -0.05) is 26.0 Å². The first-order chi connectivity index (χ1) is 7.79. The van der Waals surface area contributed by atoms with Crippen molar-refractivity contribution in [2.45, 2.75) is 20.3 Å². The molecule has 2 atom stereocenters. The lowest BCUT2D eigenvalue weighted by Gasteiger charge is -2.18. The van der Waals surface area contributed by atoms with Crippen molar-refractivity contribution >= 4 is 0 Å². The minimum atomic E-state index is 0.486. The Bertz CT molecular complexity index is 435. The molecule has 0 spiro atoms. The van der Waals surface area contributed by atoms with Gasteiger partial charge in [0.25, 0.3) is 0 Å². The summed E-state index contributed by atoms with van der Waals surface area (Å²) in [5, 5.41) is 0. The molecule has 0 radical (unpaired) electrons. The third-order valence-electron chi connectivity index (χ3n) is 3.28. The van der Waals surface area contributed by atoms with Gasteiger partial charge in [0.2, 0.25) is 0 Å². The van der Waals surface area contributed by atoms with Crippen molar-refractivity contribution in [2.24, 2.45) is 11.8 Å². The van der Waals surface area contributed by atoms with Crippen LogP contribution in [-0.2, 0) is 0 Å². The van der Waals surface area contributed by atoms with E-state index in [2.05, 4.69) is 56.0 Å². The summed E-state index contributed by atoms with van der Waals surface area (Å²) in [5.41, 5.74) is 5.94. The van der Waals surface area contributed by atoms with Gasteiger partial charge in [-0.15, -0.1) is 5.73 Å². The number of hydrogen-bond donors (Lipinski definition) is 0. The monoisotopic (exact) mass is 209 g/mol. The largest absolute Gasteiger partial charge is 0.121 e. The molecule has 0 aromatic rings. The molecule has 80 valence electrons. The lowest BCUT2D eigenvalue weighted by Crippen LogP contribution is -2.12. The number of hydrogen-bond acceptors (Lipinski definition) is 0. The average molecular weight is 209 g/mol. The predicted molar refractivity (Wildman–Crippen MR) is 68.7 cm³/mol. The highest BCUT2D eigenvalue weighted by atomic mass is 14.2. The fourth-order valence-electron chi connectivity index (χ4n) is 2.00. The van der Waals surface area contributed by atoms with Crippen LogP contribution in [0.4, 0.5) is 0 Å². The SMILES string of the molecule is C[C@@H](C1=C=CCC=C1)[C@@H](C)C1=CC=CC=[C+]1. The first-order valence-electron chi connectivity index (χ1n) is 5.87. The highest BCUT2D eigenvalue weighted by Gasteiger charge is 2.22. The van der Waals surface area contributed by atoms with Crippen LogP contribution in [0.25, 0.3) is 0 Å². The minimum Gasteiger partial charge on any atom is -0.121 e. The van der Waals surface area contributed by atoms with Gasteiger partial charge in [-0.05, 0) is 24.0 Å². The summed E-state index contributed by atoms with van der Waals surface area (Å²) in [6, 6.07) is 0. The molecular formula is C16H17+. The molecule has 2 aliphatic carbocycles. The summed E-state index contributed by atoms with van der Waals surface area (Å²) in [7, 11) is 0. The normalized spacial score (nSPS) is 21.1. The second-order valence-corrected chi connectivity index (χ2v) is 4.34. The van der Waals surface area contributed by atoms with Gasteiger partial charge in [-0.3, -0.25) is 0 Å². The van der Waals surface area contributed by atoms with Crippen molar-refractivity contribution in [1.82, 2.24) is 0 Å². The molecule has 0 heterocycles. The minimum absolute atomic E-state index is 0.486. The molecule has 0 amide bonds. The Morgan fingerprint density at radius 2 is 2.12 bits per heavy atom. The van der Waals surface area contributed by atoms with Gasteiger partial charge in [-0.2, -0.15) is 0 Å². The third-order valence-corrected chi connectivity index (χ3v) is 3.28. The van der Waals surface area contributed by atoms with E-state index in [-0.39, 0.29) is 0 Å². The maximum atomic E-state index is 3.36.